The van der Waals surface area contributed by atoms with Crippen molar-refractivity contribution in [1.29, 1.82) is 0 Å². The maximum Gasteiger partial charge on any atom is 0.239 e. The third kappa shape index (κ3) is 7.77. The predicted molar refractivity (Wildman–Crippen MR) is 111 cm³/mol. The molecule has 1 atom stereocenters. The highest BCUT2D eigenvalue weighted by Gasteiger charge is 2.30. The molecule has 1 heterocycles. The number of guanidine groups is 1. The average molecular weight is 366 g/mol. The summed E-state index contributed by atoms with van der Waals surface area (Å²) in [5.74, 6) is 1.19. The van der Waals surface area contributed by atoms with Crippen LogP contribution in [0.5, 0.6) is 0 Å². The molecule has 6 heteroatoms. The van der Waals surface area contributed by atoms with Crippen LogP contribution in [0.1, 0.15) is 44.9 Å². The highest BCUT2D eigenvalue weighted by atomic mass is 16.2. The highest BCUT2D eigenvalue weighted by molar-refractivity contribution is 5.81. The molecule has 0 aliphatic carbocycles. The molecule has 0 saturated carbocycles. The minimum Gasteiger partial charge on any atom is -0.356 e. The molecule has 0 radical (unpaired) electrons. The topological polar surface area (TPSA) is 51.2 Å². The van der Waals surface area contributed by atoms with Crippen molar-refractivity contribution in [2.24, 2.45) is 4.99 Å². The highest BCUT2D eigenvalue weighted by Crippen LogP contribution is 2.18. The van der Waals surface area contributed by atoms with Crippen molar-refractivity contribution in [3.05, 3.63) is 12.7 Å². The second kappa shape index (κ2) is 12.7. The second-order valence-corrected chi connectivity index (χ2v) is 7.31. The van der Waals surface area contributed by atoms with Crippen molar-refractivity contribution in [3.8, 4) is 0 Å². The average Bonchev–Trinajstić information content (AvgIpc) is 3.09. The Morgan fingerprint density at radius 2 is 2.04 bits per heavy atom. The molecule has 6 nitrogen and oxygen atoms in total. The van der Waals surface area contributed by atoms with Gasteiger partial charge in [-0.15, -0.1) is 6.58 Å². The number of nitrogens with zero attached hydrogens (tertiary/aromatic N) is 4. The maximum absolute atomic E-state index is 12.2. The number of aliphatic imine (C=N–C) groups is 1. The number of allylic oxidation sites excluding steroid dienone is 1. The number of hydrogen-bond donors (Lipinski definition) is 1. The van der Waals surface area contributed by atoms with Gasteiger partial charge in [0.05, 0.1) is 6.04 Å². The van der Waals surface area contributed by atoms with Gasteiger partial charge in [0.15, 0.2) is 5.96 Å². The van der Waals surface area contributed by atoms with Crippen LogP contribution >= 0.6 is 0 Å². The lowest BCUT2D eigenvalue weighted by Gasteiger charge is -2.26. The first-order valence-corrected chi connectivity index (χ1v) is 9.99. The maximum atomic E-state index is 12.2. The van der Waals surface area contributed by atoms with Gasteiger partial charge in [-0.2, -0.15) is 0 Å². The monoisotopic (exact) mass is 365 g/mol. The first kappa shape index (κ1) is 22.5. The fourth-order valence-electron chi connectivity index (χ4n) is 3.46. The standard InChI is InChI=1S/C20H39N5O/c1-6-7-8-9-10-15-24(5)20(21-2)22-14-12-17-25-16-11-13-18(25)19(26)23(3)4/h6,18H,1,7-17H2,2-5H3,(H,21,22). The molecule has 150 valence electrons. The van der Waals surface area contributed by atoms with Gasteiger partial charge in [0.2, 0.25) is 5.91 Å². The van der Waals surface area contributed by atoms with E-state index in [0.717, 1.165) is 57.8 Å². The number of carbonyl (C=O) groups is 1. The van der Waals surface area contributed by atoms with Crippen LogP contribution in [0.25, 0.3) is 0 Å². The zero-order valence-electron chi connectivity index (χ0n) is 17.3. The summed E-state index contributed by atoms with van der Waals surface area (Å²) >= 11 is 0. The molecular formula is C20H39N5O. The van der Waals surface area contributed by atoms with Gasteiger partial charge in [-0.05, 0) is 45.1 Å². The molecule has 1 saturated heterocycles. The summed E-state index contributed by atoms with van der Waals surface area (Å²) in [5, 5.41) is 3.45. The van der Waals surface area contributed by atoms with Gasteiger partial charge in [0.25, 0.3) is 0 Å². The zero-order chi connectivity index (χ0) is 19.4. The molecule has 1 fully saturated rings. The van der Waals surface area contributed by atoms with E-state index in [-0.39, 0.29) is 11.9 Å². The molecule has 1 unspecified atom stereocenters. The Hall–Kier alpha value is -1.56. The Morgan fingerprint density at radius 1 is 1.27 bits per heavy atom. The van der Waals surface area contributed by atoms with Gasteiger partial charge in [0.1, 0.15) is 0 Å². The molecule has 1 amide bonds. The van der Waals surface area contributed by atoms with E-state index in [4.69, 9.17) is 0 Å². The van der Waals surface area contributed by atoms with Crippen molar-refractivity contribution in [2.45, 2.75) is 51.0 Å². The van der Waals surface area contributed by atoms with Crippen LogP contribution in [0.3, 0.4) is 0 Å². The van der Waals surface area contributed by atoms with Crippen LogP contribution in [0.15, 0.2) is 17.6 Å². The van der Waals surface area contributed by atoms with Crippen molar-refractivity contribution in [3.63, 3.8) is 0 Å². The molecule has 1 N–H and O–H groups in total. The van der Waals surface area contributed by atoms with E-state index in [9.17, 15) is 4.79 Å². The summed E-state index contributed by atoms with van der Waals surface area (Å²) in [6.07, 6.45) is 9.83. The molecule has 1 rings (SSSR count). The number of nitrogens with one attached hydrogen (secondary N) is 1. The predicted octanol–water partition coefficient (Wildman–Crippen LogP) is 2.18. The Bertz CT molecular complexity index is 449. The number of hydrogen-bond acceptors (Lipinski definition) is 3. The lowest BCUT2D eigenvalue weighted by Crippen LogP contribution is -2.44. The molecule has 0 aromatic heterocycles. The molecule has 26 heavy (non-hydrogen) atoms. The molecule has 0 bridgehead atoms. The summed E-state index contributed by atoms with van der Waals surface area (Å²) in [6.45, 7) is 7.65. The van der Waals surface area contributed by atoms with Gasteiger partial charge >= 0.3 is 0 Å². The number of rotatable bonds is 11. The summed E-state index contributed by atoms with van der Waals surface area (Å²) in [6, 6.07) is 0.0718. The Balaban J connectivity index is 2.25. The van der Waals surface area contributed by atoms with Crippen molar-refractivity contribution < 1.29 is 4.79 Å². The van der Waals surface area contributed by atoms with Crippen LogP contribution < -0.4 is 5.32 Å². The minimum absolute atomic E-state index is 0.0718. The summed E-state index contributed by atoms with van der Waals surface area (Å²) in [4.78, 5) is 22.9. The fraction of sp³-hybridized carbons (Fsp3) is 0.800. The number of carbonyl (C=O) groups excluding carboxylic acids is 1. The Kier molecular flexibility index (Phi) is 11.0. The van der Waals surface area contributed by atoms with Crippen molar-refractivity contribution >= 4 is 11.9 Å². The van der Waals surface area contributed by atoms with E-state index in [1.807, 2.05) is 27.2 Å². The quantitative estimate of drug-likeness (QED) is 0.264. The molecular weight excluding hydrogens is 326 g/mol. The second-order valence-electron chi connectivity index (χ2n) is 7.31. The first-order valence-electron chi connectivity index (χ1n) is 9.99. The number of unbranched alkanes of at least 4 members (excludes halogenated alkanes) is 3. The van der Waals surface area contributed by atoms with Gasteiger partial charge in [0, 0.05) is 47.8 Å². The van der Waals surface area contributed by atoms with Gasteiger partial charge in [-0.3, -0.25) is 14.7 Å². The van der Waals surface area contributed by atoms with Crippen molar-refractivity contribution in [1.82, 2.24) is 20.0 Å². The molecule has 0 spiro atoms. The van der Waals surface area contributed by atoms with Crippen LogP contribution in [0.4, 0.5) is 0 Å². The molecule has 1 aliphatic heterocycles. The third-order valence-corrected chi connectivity index (χ3v) is 4.97. The van der Waals surface area contributed by atoms with E-state index in [2.05, 4.69) is 33.7 Å². The molecule has 1 aliphatic rings. The lowest BCUT2D eigenvalue weighted by molar-refractivity contribution is -0.133. The third-order valence-electron chi connectivity index (χ3n) is 4.97. The molecule has 0 aromatic rings. The Morgan fingerprint density at radius 3 is 2.69 bits per heavy atom. The Labute approximate surface area is 160 Å². The number of amides is 1. The van der Waals surface area contributed by atoms with E-state index < -0.39 is 0 Å². The van der Waals surface area contributed by atoms with Crippen molar-refractivity contribution in [2.75, 3.05) is 54.4 Å². The van der Waals surface area contributed by atoms with E-state index in [0.29, 0.717) is 0 Å². The van der Waals surface area contributed by atoms with Gasteiger partial charge < -0.3 is 15.1 Å². The van der Waals surface area contributed by atoms with E-state index in [1.54, 1.807) is 4.90 Å². The van der Waals surface area contributed by atoms with Gasteiger partial charge in [-0.1, -0.05) is 12.5 Å². The molecule has 0 aromatic carbocycles. The largest absolute Gasteiger partial charge is 0.356 e. The normalized spacial score (nSPS) is 18.0. The van der Waals surface area contributed by atoms with Crippen LogP contribution in [0, 0.1) is 0 Å². The lowest BCUT2D eigenvalue weighted by atomic mass is 10.2. The van der Waals surface area contributed by atoms with Crippen LogP contribution in [-0.4, -0.2) is 87.0 Å². The zero-order valence-corrected chi connectivity index (χ0v) is 17.3. The van der Waals surface area contributed by atoms with Crippen LogP contribution in [-0.2, 0) is 4.79 Å². The summed E-state index contributed by atoms with van der Waals surface area (Å²) < 4.78 is 0. The number of likely N-dealkylation sites (N-methyl/N-ethyl adjacent to an activating group) is 1. The minimum atomic E-state index is 0.0718. The van der Waals surface area contributed by atoms with E-state index in [1.165, 1.54) is 19.3 Å². The summed E-state index contributed by atoms with van der Waals surface area (Å²) in [5.41, 5.74) is 0. The fourth-order valence-corrected chi connectivity index (χ4v) is 3.46. The summed E-state index contributed by atoms with van der Waals surface area (Å²) in [7, 11) is 7.62. The van der Waals surface area contributed by atoms with Crippen LogP contribution in [0.2, 0.25) is 0 Å². The number of likely N-dealkylation sites (tertiary alicyclic amines) is 1. The van der Waals surface area contributed by atoms with E-state index >= 15 is 0 Å². The SMILES string of the molecule is C=CCCCCCN(C)C(=NC)NCCCN1CCCC1C(=O)N(C)C. The smallest absolute Gasteiger partial charge is 0.239 e. The first-order chi connectivity index (χ1) is 12.5. The van der Waals surface area contributed by atoms with Gasteiger partial charge in [-0.25, -0.2) is 0 Å².